The minimum Gasteiger partial charge on any atom is -0.202 e. The third kappa shape index (κ3) is 4.95. The molecule has 0 aromatic carbocycles. The summed E-state index contributed by atoms with van der Waals surface area (Å²) in [7, 11) is -3.28. The number of rotatable bonds is 5. The quantitative estimate of drug-likeness (QED) is 0.752. The SMILES string of the molecule is CC(C)CNS(=O)(=O)NC1CCC(C)C1. The maximum atomic E-state index is 11.6. The van der Waals surface area contributed by atoms with Crippen molar-refractivity contribution in [2.45, 2.75) is 46.1 Å². The third-order valence-electron chi connectivity index (χ3n) is 2.70. The van der Waals surface area contributed by atoms with Crippen LogP contribution in [0.2, 0.25) is 0 Å². The van der Waals surface area contributed by atoms with Gasteiger partial charge >= 0.3 is 0 Å². The molecule has 0 bridgehead atoms. The molecule has 90 valence electrons. The maximum Gasteiger partial charge on any atom is 0.277 e. The summed E-state index contributed by atoms with van der Waals surface area (Å²) in [6, 6.07) is 0.129. The molecule has 15 heavy (non-hydrogen) atoms. The van der Waals surface area contributed by atoms with Gasteiger partial charge in [-0.25, -0.2) is 4.72 Å². The average Bonchev–Trinajstić information content (AvgIpc) is 2.47. The van der Waals surface area contributed by atoms with Gasteiger partial charge in [-0.2, -0.15) is 13.1 Å². The van der Waals surface area contributed by atoms with E-state index in [0.717, 1.165) is 19.3 Å². The lowest BCUT2D eigenvalue weighted by atomic mass is 10.1. The Morgan fingerprint density at radius 2 is 2.00 bits per heavy atom. The van der Waals surface area contributed by atoms with Crippen LogP contribution in [0.1, 0.15) is 40.0 Å². The largest absolute Gasteiger partial charge is 0.277 e. The molecule has 4 nitrogen and oxygen atoms in total. The molecule has 0 aromatic heterocycles. The molecule has 1 aliphatic rings. The van der Waals surface area contributed by atoms with Gasteiger partial charge in [0.05, 0.1) is 0 Å². The van der Waals surface area contributed by atoms with E-state index in [1.54, 1.807) is 0 Å². The molecule has 0 amide bonds. The van der Waals surface area contributed by atoms with Crippen LogP contribution in [-0.2, 0) is 10.2 Å². The van der Waals surface area contributed by atoms with Gasteiger partial charge in [-0.15, -0.1) is 0 Å². The van der Waals surface area contributed by atoms with Crippen LogP contribution in [0.3, 0.4) is 0 Å². The van der Waals surface area contributed by atoms with Crippen LogP contribution in [0.25, 0.3) is 0 Å². The van der Waals surface area contributed by atoms with Crippen molar-refractivity contribution in [1.29, 1.82) is 0 Å². The minimum atomic E-state index is -3.28. The fourth-order valence-corrected chi connectivity index (χ4v) is 3.14. The predicted molar refractivity (Wildman–Crippen MR) is 61.7 cm³/mol. The van der Waals surface area contributed by atoms with Gasteiger partial charge in [0.1, 0.15) is 0 Å². The van der Waals surface area contributed by atoms with Crippen molar-refractivity contribution in [3.05, 3.63) is 0 Å². The van der Waals surface area contributed by atoms with Gasteiger partial charge in [0, 0.05) is 12.6 Å². The van der Waals surface area contributed by atoms with Gasteiger partial charge in [0.2, 0.25) is 0 Å². The van der Waals surface area contributed by atoms with E-state index in [2.05, 4.69) is 16.4 Å². The van der Waals surface area contributed by atoms with Crippen molar-refractivity contribution in [2.75, 3.05) is 6.54 Å². The molecule has 0 radical (unpaired) electrons. The lowest BCUT2D eigenvalue weighted by Crippen LogP contribution is -2.42. The molecule has 0 aromatic rings. The molecule has 2 unspecified atom stereocenters. The molecule has 2 N–H and O–H groups in total. The van der Waals surface area contributed by atoms with Crippen LogP contribution in [0, 0.1) is 11.8 Å². The highest BCUT2D eigenvalue weighted by Gasteiger charge is 2.25. The van der Waals surface area contributed by atoms with Crippen molar-refractivity contribution in [3.63, 3.8) is 0 Å². The zero-order valence-corrected chi connectivity index (χ0v) is 10.6. The van der Waals surface area contributed by atoms with E-state index in [9.17, 15) is 8.42 Å². The van der Waals surface area contributed by atoms with Crippen molar-refractivity contribution < 1.29 is 8.42 Å². The highest BCUT2D eigenvalue weighted by molar-refractivity contribution is 7.87. The fourth-order valence-electron chi connectivity index (χ4n) is 1.85. The van der Waals surface area contributed by atoms with Crippen LogP contribution in [0.15, 0.2) is 0 Å². The Kier molecular flexibility index (Phi) is 4.55. The third-order valence-corrected chi connectivity index (χ3v) is 3.89. The van der Waals surface area contributed by atoms with E-state index >= 15 is 0 Å². The normalized spacial score (nSPS) is 27.5. The first-order valence-corrected chi connectivity index (χ1v) is 7.14. The first-order valence-electron chi connectivity index (χ1n) is 5.66. The molecule has 0 aliphatic heterocycles. The molecule has 1 saturated carbocycles. The van der Waals surface area contributed by atoms with Gasteiger partial charge in [0.25, 0.3) is 10.2 Å². The Hall–Kier alpha value is -0.130. The Morgan fingerprint density at radius 1 is 1.33 bits per heavy atom. The molecule has 0 heterocycles. The summed E-state index contributed by atoms with van der Waals surface area (Å²) in [4.78, 5) is 0. The first-order chi connectivity index (χ1) is 6.89. The molecule has 1 rings (SSSR count). The van der Waals surface area contributed by atoms with E-state index < -0.39 is 10.2 Å². The molecule has 1 aliphatic carbocycles. The summed E-state index contributed by atoms with van der Waals surface area (Å²) in [6.07, 6.45) is 3.05. The predicted octanol–water partition coefficient (Wildman–Crippen LogP) is 1.25. The number of hydrogen-bond donors (Lipinski definition) is 2. The van der Waals surface area contributed by atoms with Gasteiger partial charge in [-0.3, -0.25) is 0 Å². The van der Waals surface area contributed by atoms with Crippen molar-refractivity contribution in [3.8, 4) is 0 Å². The summed E-state index contributed by atoms with van der Waals surface area (Å²) in [5, 5.41) is 0. The van der Waals surface area contributed by atoms with Crippen molar-refractivity contribution in [2.24, 2.45) is 11.8 Å². The van der Waals surface area contributed by atoms with Crippen molar-refractivity contribution >= 4 is 10.2 Å². The minimum absolute atomic E-state index is 0.129. The van der Waals surface area contributed by atoms with E-state index in [4.69, 9.17) is 0 Å². The van der Waals surface area contributed by atoms with E-state index in [0.29, 0.717) is 18.4 Å². The molecule has 5 heteroatoms. The van der Waals surface area contributed by atoms with Crippen LogP contribution in [0.5, 0.6) is 0 Å². The summed E-state index contributed by atoms with van der Waals surface area (Å²) in [5.41, 5.74) is 0. The number of nitrogens with one attached hydrogen (secondary N) is 2. The summed E-state index contributed by atoms with van der Waals surface area (Å²) >= 11 is 0. The lowest BCUT2D eigenvalue weighted by molar-refractivity contribution is 0.518. The number of hydrogen-bond acceptors (Lipinski definition) is 2. The van der Waals surface area contributed by atoms with Crippen LogP contribution < -0.4 is 9.44 Å². The van der Waals surface area contributed by atoms with E-state index in [-0.39, 0.29) is 6.04 Å². The van der Waals surface area contributed by atoms with Crippen molar-refractivity contribution in [1.82, 2.24) is 9.44 Å². The van der Waals surface area contributed by atoms with Crippen LogP contribution in [0.4, 0.5) is 0 Å². The van der Waals surface area contributed by atoms with E-state index in [1.165, 1.54) is 0 Å². The summed E-state index contributed by atoms with van der Waals surface area (Å²) in [5.74, 6) is 0.979. The zero-order chi connectivity index (χ0) is 11.5. The smallest absolute Gasteiger partial charge is 0.202 e. The van der Waals surface area contributed by atoms with Gasteiger partial charge in [0.15, 0.2) is 0 Å². The van der Waals surface area contributed by atoms with Gasteiger partial charge < -0.3 is 0 Å². The fraction of sp³-hybridized carbons (Fsp3) is 1.00. The van der Waals surface area contributed by atoms with Gasteiger partial charge in [-0.1, -0.05) is 20.8 Å². The Labute approximate surface area is 93.0 Å². The molecule has 0 spiro atoms. The first kappa shape index (κ1) is 12.9. The van der Waals surface area contributed by atoms with Gasteiger partial charge in [-0.05, 0) is 31.1 Å². The zero-order valence-electron chi connectivity index (χ0n) is 9.79. The summed E-state index contributed by atoms with van der Waals surface area (Å²) < 4.78 is 28.4. The topological polar surface area (TPSA) is 58.2 Å². The van der Waals surface area contributed by atoms with E-state index in [1.807, 2.05) is 13.8 Å². The molecule has 2 atom stereocenters. The molecular formula is C10H22N2O2S. The van der Waals surface area contributed by atoms with Crippen LogP contribution >= 0.6 is 0 Å². The second-order valence-electron chi connectivity index (χ2n) is 4.98. The maximum absolute atomic E-state index is 11.6. The Balaban J connectivity index is 2.36. The molecular weight excluding hydrogens is 212 g/mol. The second-order valence-corrected chi connectivity index (χ2v) is 6.51. The highest BCUT2D eigenvalue weighted by Crippen LogP contribution is 2.24. The average molecular weight is 234 g/mol. The monoisotopic (exact) mass is 234 g/mol. The lowest BCUT2D eigenvalue weighted by Gasteiger charge is -2.14. The second kappa shape index (κ2) is 5.27. The molecule has 0 saturated heterocycles. The standard InChI is InChI=1S/C10H22N2O2S/c1-8(2)7-11-15(13,14)12-10-5-4-9(3)6-10/h8-12H,4-7H2,1-3H3. The highest BCUT2D eigenvalue weighted by atomic mass is 32.2. The summed E-state index contributed by atoms with van der Waals surface area (Å²) in [6.45, 7) is 6.63. The molecule has 1 fully saturated rings. The Bertz CT molecular complexity index is 288. The van der Waals surface area contributed by atoms with Crippen LogP contribution in [-0.4, -0.2) is 21.0 Å². The Morgan fingerprint density at radius 3 is 2.47 bits per heavy atom.